The number of methoxy groups -OCH3 is 1. The highest BCUT2D eigenvalue weighted by atomic mass is 16.5. The second-order valence-electron chi connectivity index (χ2n) is 3.63. The summed E-state index contributed by atoms with van der Waals surface area (Å²) in [6.45, 7) is 0. The van der Waals surface area contributed by atoms with Gasteiger partial charge in [0.25, 0.3) is 0 Å². The van der Waals surface area contributed by atoms with Gasteiger partial charge < -0.3 is 13.9 Å². The van der Waals surface area contributed by atoms with E-state index in [-0.39, 0.29) is 0 Å². The zero-order valence-corrected chi connectivity index (χ0v) is 9.55. The number of carbonyl (C=O) groups excluding carboxylic acids is 1. The number of rotatable bonds is 5. The number of aromatic nitrogens is 1. The first-order valence-electron chi connectivity index (χ1n) is 5.31. The summed E-state index contributed by atoms with van der Waals surface area (Å²) in [5, 5.41) is 0. The maximum absolute atomic E-state index is 10.3. The van der Waals surface area contributed by atoms with Crippen LogP contribution in [0.4, 0.5) is 0 Å². The fourth-order valence-electron chi connectivity index (χ4n) is 1.57. The normalized spacial score (nSPS) is 10.2. The van der Waals surface area contributed by atoms with Crippen molar-refractivity contribution in [3.05, 3.63) is 47.7 Å². The van der Waals surface area contributed by atoms with Gasteiger partial charge in [0.2, 0.25) is 0 Å². The fourth-order valence-corrected chi connectivity index (χ4v) is 1.57. The fraction of sp³-hybridized carbons (Fsp3) is 0.231. The molecule has 0 aliphatic heterocycles. The van der Waals surface area contributed by atoms with E-state index in [9.17, 15) is 4.79 Å². The molecule has 88 valence electrons. The van der Waals surface area contributed by atoms with Crippen molar-refractivity contribution >= 4 is 6.29 Å². The van der Waals surface area contributed by atoms with Crippen LogP contribution in [0.5, 0.6) is 5.75 Å². The molecule has 0 N–H and O–H groups in total. The lowest BCUT2D eigenvalue weighted by Crippen LogP contribution is -1.91. The van der Waals surface area contributed by atoms with Gasteiger partial charge in [0, 0.05) is 12.8 Å². The predicted molar refractivity (Wildman–Crippen MR) is 62.1 cm³/mol. The Hall–Kier alpha value is -2.10. The summed E-state index contributed by atoms with van der Waals surface area (Å²) >= 11 is 0. The van der Waals surface area contributed by atoms with E-state index in [0.717, 1.165) is 17.6 Å². The van der Waals surface area contributed by atoms with Gasteiger partial charge in [-0.05, 0) is 17.7 Å². The SMILES string of the molecule is COc1cccc(Cc2nc(CC=O)co2)c1. The number of nitrogens with zero attached hydrogens (tertiary/aromatic N) is 1. The summed E-state index contributed by atoms with van der Waals surface area (Å²) in [6.07, 6.45) is 3.22. The van der Waals surface area contributed by atoms with Crippen LogP contribution >= 0.6 is 0 Å². The number of aldehydes is 1. The molecule has 0 radical (unpaired) electrons. The summed E-state index contributed by atoms with van der Waals surface area (Å²) in [5.74, 6) is 1.41. The summed E-state index contributed by atoms with van der Waals surface area (Å²) < 4.78 is 10.4. The van der Waals surface area contributed by atoms with Crippen molar-refractivity contribution in [1.82, 2.24) is 4.98 Å². The molecule has 1 aromatic heterocycles. The van der Waals surface area contributed by atoms with Crippen molar-refractivity contribution in [1.29, 1.82) is 0 Å². The molecule has 0 spiro atoms. The molecule has 4 heteroatoms. The zero-order valence-electron chi connectivity index (χ0n) is 9.55. The molecule has 0 unspecified atom stereocenters. The van der Waals surface area contributed by atoms with Crippen LogP contribution in [0.25, 0.3) is 0 Å². The smallest absolute Gasteiger partial charge is 0.198 e. The highest BCUT2D eigenvalue weighted by Crippen LogP contribution is 2.15. The van der Waals surface area contributed by atoms with Gasteiger partial charge in [0.15, 0.2) is 5.89 Å². The molecule has 2 aromatic rings. The Morgan fingerprint density at radius 1 is 1.47 bits per heavy atom. The van der Waals surface area contributed by atoms with Crippen molar-refractivity contribution in [3.8, 4) is 5.75 Å². The Labute approximate surface area is 99.2 Å². The number of hydrogen-bond acceptors (Lipinski definition) is 4. The molecule has 0 aliphatic rings. The first-order valence-corrected chi connectivity index (χ1v) is 5.31. The third-order valence-corrected chi connectivity index (χ3v) is 2.38. The minimum atomic E-state index is 0.293. The van der Waals surface area contributed by atoms with Crippen LogP contribution < -0.4 is 4.74 Å². The van der Waals surface area contributed by atoms with Crippen molar-refractivity contribution < 1.29 is 13.9 Å². The Kier molecular flexibility index (Phi) is 3.55. The molecular weight excluding hydrogens is 218 g/mol. The van der Waals surface area contributed by atoms with Gasteiger partial charge in [0.1, 0.15) is 18.3 Å². The van der Waals surface area contributed by atoms with Gasteiger partial charge in [0.05, 0.1) is 12.8 Å². The van der Waals surface area contributed by atoms with Gasteiger partial charge >= 0.3 is 0 Å². The van der Waals surface area contributed by atoms with E-state index in [1.807, 2.05) is 24.3 Å². The van der Waals surface area contributed by atoms with Gasteiger partial charge in [-0.3, -0.25) is 0 Å². The van der Waals surface area contributed by atoms with E-state index in [1.165, 1.54) is 6.26 Å². The first kappa shape index (κ1) is 11.4. The second kappa shape index (κ2) is 5.30. The maximum Gasteiger partial charge on any atom is 0.198 e. The Morgan fingerprint density at radius 2 is 2.35 bits per heavy atom. The van der Waals surface area contributed by atoms with Crippen LogP contribution in [0.15, 0.2) is 34.9 Å². The van der Waals surface area contributed by atoms with Gasteiger partial charge in [-0.1, -0.05) is 12.1 Å². The number of carbonyl (C=O) groups is 1. The number of ether oxygens (including phenoxy) is 1. The van der Waals surface area contributed by atoms with Gasteiger partial charge in [-0.15, -0.1) is 0 Å². The van der Waals surface area contributed by atoms with Gasteiger partial charge in [-0.2, -0.15) is 0 Å². The van der Waals surface area contributed by atoms with Gasteiger partial charge in [-0.25, -0.2) is 4.98 Å². The lowest BCUT2D eigenvalue weighted by atomic mass is 10.1. The number of hydrogen-bond donors (Lipinski definition) is 0. The van der Waals surface area contributed by atoms with Crippen molar-refractivity contribution in [2.24, 2.45) is 0 Å². The minimum Gasteiger partial charge on any atom is -0.497 e. The van der Waals surface area contributed by atoms with Crippen molar-refractivity contribution in [2.45, 2.75) is 12.8 Å². The Balaban J connectivity index is 2.10. The van der Waals surface area contributed by atoms with Crippen LogP contribution in [0.3, 0.4) is 0 Å². The average molecular weight is 231 g/mol. The Morgan fingerprint density at radius 3 is 3.12 bits per heavy atom. The summed E-state index contributed by atoms with van der Waals surface area (Å²) in [7, 11) is 1.63. The molecule has 0 atom stereocenters. The molecule has 1 aromatic carbocycles. The maximum atomic E-state index is 10.3. The van der Waals surface area contributed by atoms with Crippen molar-refractivity contribution in [3.63, 3.8) is 0 Å². The standard InChI is InChI=1S/C13H13NO3/c1-16-12-4-2-3-10(7-12)8-13-14-11(5-6-15)9-17-13/h2-4,6-7,9H,5,8H2,1H3. The highest BCUT2D eigenvalue weighted by Gasteiger charge is 2.05. The molecule has 4 nitrogen and oxygen atoms in total. The third-order valence-electron chi connectivity index (χ3n) is 2.38. The Bertz CT molecular complexity index is 505. The molecule has 17 heavy (non-hydrogen) atoms. The molecule has 0 fully saturated rings. The van der Waals surface area contributed by atoms with Crippen LogP contribution in [0.1, 0.15) is 17.1 Å². The monoisotopic (exact) mass is 231 g/mol. The quantitative estimate of drug-likeness (QED) is 0.739. The van der Waals surface area contributed by atoms with Crippen LogP contribution in [-0.2, 0) is 17.6 Å². The average Bonchev–Trinajstić information content (AvgIpc) is 2.77. The van der Waals surface area contributed by atoms with E-state index in [4.69, 9.17) is 9.15 Å². The zero-order chi connectivity index (χ0) is 12.1. The molecule has 0 aliphatic carbocycles. The third kappa shape index (κ3) is 2.93. The van der Waals surface area contributed by atoms with Crippen LogP contribution in [0, 0.1) is 0 Å². The molecular formula is C13H13NO3. The molecule has 2 rings (SSSR count). The lowest BCUT2D eigenvalue weighted by molar-refractivity contribution is -0.107. The second-order valence-corrected chi connectivity index (χ2v) is 3.63. The van der Waals surface area contributed by atoms with Crippen LogP contribution in [0.2, 0.25) is 0 Å². The summed E-state index contributed by atoms with van der Waals surface area (Å²) in [4.78, 5) is 14.5. The van der Waals surface area contributed by atoms with Crippen molar-refractivity contribution in [2.75, 3.05) is 7.11 Å². The lowest BCUT2D eigenvalue weighted by Gasteiger charge is -2.01. The topological polar surface area (TPSA) is 52.3 Å². The predicted octanol–water partition coefficient (Wildman–Crippen LogP) is 2.02. The van der Waals surface area contributed by atoms with E-state index >= 15 is 0 Å². The minimum absolute atomic E-state index is 0.293. The molecule has 0 saturated heterocycles. The number of benzene rings is 1. The number of oxazole rings is 1. The van der Waals surface area contributed by atoms with E-state index in [1.54, 1.807) is 7.11 Å². The summed E-state index contributed by atoms with van der Waals surface area (Å²) in [5.41, 5.74) is 1.72. The molecule has 0 amide bonds. The first-order chi connectivity index (χ1) is 8.31. The van der Waals surface area contributed by atoms with E-state index in [0.29, 0.717) is 24.4 Å². The highest BCUT2D eigenvalue weighted by molar-refractivity contribution is 5.53. The summed E-state index contributed by atoms with van der Waals surface area (Å²) in [6, 6.07) is 7.72. The molecule has 0 bridgehead atoms. The van der Waals surface area contributed by atoms with E-state index in [2.05, 4.69) is 4.98 Å². The molecule has 1 heterocycles. The van der Waals surface area contributed by atoms with E-state index < -0.39 is 0 Å². The molecule has 0 saturated carbocycles. The van der Waals surface area contributed by atoms with Crippen LogP contribution in [-0.4, -0.2) is 18.4 Å². The largest absolute Gasteiger partial charge is 0.497 e.